The highest BCUT2D eigenvalue weighted by Gasteiger charge is 2.34. The van der Waals surface area contributed by atoms with Crippen molar-refractivity contribution in [3.63, 3.8) is 0 Å². The Kier molecular flexibility index (Phi) is 4.58. The largest absolute Gasteiger partial charge is 0.361 e. The van der Waals surface area contributed by atoms with Crippen LogP contribution in [0.5, 0.6) is 0 Å². The van der Waals surface area contributed by atoms with Crippen LogP contribution in [0.4, 0.5) is 5.69 Å². The summed E-state index contributed by atoms with van der Waals surface area (Å²) in [6.45, 7) is 1.85. The molecule has 1 aromatic heterocycles. The molecule has 3 aromatic rings. The van der Waals surface area contributed by atoms with Crippen molar-refractivity contribution in [2.75, 3.05) is 30.3 Å². The van der Waals surface area contributed by atoms with Gasteiger partial charge in [0.2, 0.25) is 0 Å². The molecule has 0 atom stereocenters. The minimum atomic E-state index is -3.39. The number of hydrogen-bond donors (Lipinski definition) is 1. The molecule has 6 rings (SSSR count). The van der Waals surface area contributed by atoms with E-state index in [0.717, 1.165) is 42.0 Å². The van der Waals surface area contributed by atoms with E-state index in [1.54, 1.807) is 0 Å². The highest BCUT2D eigenvalue weighted by atomic mass is 32.2. The summed E-state index contributed by atoms with van der Waals surface area (Å²) >= 11 is 1.32. The van der Waals surface area contributed by atoms with Crippen molar-refractivity contribution in [1.29, 1.82) is 0 Å². The summed E-state index contributed by atoms with van der Waals surface area (Å²) in [4.78, 5) is 21.3. The van der Waals surface area contributed by atoms with Crippen molar-refractivity contribution < 1.29 is 13.2 Å². The maximum absolute atomic E-state index is 13.2. The number of aromatic nitrogens is 1. The quantitative estimate of drug-likeness (QED) is 0.621. The Balaban J connectivity index is 1.18. The Bertz CT molecular complexity index is 1370. The van der Waals surface area contributed by atoms with Gasteiger partial charge in [0.25, 0.3) is 15.9 Å². The van der Waals surface area contributed by atoms with Gasteiger partial charge in [-0.15, -0.1) is 4.40 Å². The van der Waals surface area contributed by atoms with E-state index in [-0.39, 0.29) is 11.7 Å². The van der Waals surface area contributed by atoms with Crippen LogP contribution in [0, 0.1) is 0 Å². The molecule has 4 heterocycles. The molecule has 0 saturated carbocycles. The fourth-order valence-corrected chi connectivity index (χ4v) is 7.17. The van der Waals surface area contributed by atoms with E-state index in [4.69, 9.17) is 0 Å². The molecular formula is C23H22N4O3S2. The Morgan fingerprint density at radius 1 is 1.09 bits per heavy atom. The van der Waals surface area contributed by atoms with Gasteiger partial charge in [-0.1, -0.05) is 18.2 Å². The van der Waals surface area contributed by atoms with Gasteiger partial charge in [0.05, 0.1) is 11.4 Å². The SMILES string of the molecule is O=C(c1ccc2c(c1)SC1=NS(=O)(=O)CCN12)N1CCC(c2c[nH]c3ccccc23)CC1. The zero-order valence-corrected chi connectivity index (χ0v) is 19.0. The fraction of sp³-hybridized carbons (Fsp3) is 0.304. The number of fused-ring (bicyclic) bond motifs is 4. The number of amides is 1. The summed E-state index contributed by atoms with van der Waals surface area (Å²) in [6, 6.07) is 14.0. The molecule has 0 radical (unpaired) electrons. The standard InChI is InChI=1S/C23H22N4O3S2/c28-22(16-5-6-20-21(13-16)31-23-25-32(29,30)12-11-27(20)23)26-9-7-15(8-10-26)18-14-24-19-4-2-1-3-17(18)19/h1-6,13-15,24H,7-12H2. The smallest absolute Gasteiger partial charge is 0.257 e. The number of benzene rings is 2. The number of hydrogen-bond acceptors (Lipinski definition) is 5. The average Bonchev–Trinajstić information content (AvgIpc) is 3.38. The van der Waals surface area contributed by atoms with Gasteiger partial charge in [0.15, 0.2) is 5.17 Å². The molecule has 0 unspecified atom stereocenters. The fourth-order valence-electron chi connectivity index (χ4n) is 4.87. The predicted octanol–water partition coefficient (Wildman–Crippen LogP) is 3.80. The van der Waals surface area contributed by atoms with Crippen molar-refractivity contribution in [2.45, 2.75) is 23.7 Å². The molecule has 1 fully saturated rings. The van der Waals surface area contributed by atoms with Crippen molar-refractivity contribution in [2.24, 2.45) is 4.40 Å². The first kappa shape index (κ1) is 19.9. The van der Waals surface area contributed by atoms with Crippen LogP contribution < -0.4 is 4.90 Å². The van der Waals surface area contributed by atoms with Gasteiger partial charge < -0.3 is 14.8 Å². The molecule has 0 spiro atoms. The molecule has 32 heavy (non-hydrogen) atoms. The topological polar surface area (TPSA) is 85.8 Å². The summed E-state index contributed by atoms with van der Waals surface area (Å²) in [5.41, 5.74) is 4.07. The van der Waals surface area contributed by atoms with Crippen LogP contribution >= 0.6 is 11.8 Å². The van der Waals surface area contributed by atoms with Gasteiger partial charge in [0, 0.05) is 47.2 Å². The number of carbonyl (C=O) groups is 1. The summed E-state index contributed by atoms with van der Waals surface area (Å²) in [5, 5.41) is 1.75. The number of para-hydroxylation sites is 1. The van der Waals surface area contributed by atoms with E-state index in [1.807, 2.05) is 34.1 Å². The first-order valence-electron chi connectivity index (χ1n) is 10.8. The van der Waals surface area contributed by atoms with E-state index in [9.17, 15) is 13.2 Å². The molecule has 3 aliphatic rings. The van der Waals surface area contributed by atoms with E-state index in [2.05, 4.69) is 33.8 Å². The van der Waals surface area contributed by atoms with E-state index in [1.165, 1.54) is 22.7 Å². The maximum atomic E-state index is 13.2. The third-order valence-electron chi connectivity index (χ3n) is 6.56. The highest BCUT2D eigenvalue weighted by molar-refractivity contribution is 8.15. The maximum Gasteiger partial charge on any atom is 0.257 e. The number of rotatable bonds is 2. The predicted molar refractivity (Wildman–Crippen MR) is 127 cm³/mol. The zero-order chi connectivity index (χ0) is 21.9. The third kappa shape index (κ3) is 3.31. The molecular weight excluding hydrogens is 444 g/mol. The van der Waals surface area contributed by atoms with Gasteiger partial charge in [0.1, 0.15) is 0 Å². The summed E-state index contributed by atoms with van der Waals surface area (Å²) < 4.78 is 27.5. The highest BCUT2D eigenvalue weighted by Crippen LogP contribution is 2.42. The molecule has 164 valence electrons. The summed E-state index contributed by atoms with van der Waals surface area (Å²) in [5.74, 6) is 0.495. The number of amidine groups is 1. The number of likely N-dealkylation sites (tertiary alicyclic amines) is 1. The molecule has 1 N–H and O–H groups in total. The van der Waals surface area contributed by atoms with Gasteiger partial charge in [-0.05, 0) is 60.4 Å². The van der Waals surface area contributed by atoms with Crippen LogP contribution in [0.25, 0.3) is 10.9 Å². The van der Waals surface area contributed by atoms with Crippen LogP contribution in [0.1, 0.15) is 34.7 Å². The Hall–Kier alpha value is -2.78. The number of anilines is 1. The Labute approximate surface area is 190 Å². The normalized spacial score (nSPS) is 20.2. The molecule has 7 nitrogen and oxygen atoms in total. The molecule has 3 aliphatic heterocycles. The van der Waals surface area contributed by atoms with Crippen molar-refractivity contribution in [3.05, 3.63) is 59.8 Å². The molecule has 9 heteroatoms. The monoisotopic (exact) mass is 466 g/mol. The zero-order valence-electron chi connectivity index (χ0n) is 17.3. The lowest BCUT2D eigenvalue weighted by Gasteiger charge is -2.32. The van der Waals surface area contributed by atoms with Gasteiger partial charge in [-0.2, -0.15) is 0 Å². The lowest BCUT2D eigenvalue weighted by molar-refractivity contribution is 0.0713. The van der Waals surface area contributed by atoms with Gasteiger partial charge in [-0.25, -0.2) is 8.42 Å². The average molecular weight is 467 g/mol. The molecule has 1 saturated heterocycles. The van der Waals surface area contributed by atoms with Crippen LogP contribution in [-0.2, 0) is 10.0 Å². The van der Waals surface area contributed by atoms with Crippen molar-refractivity contribution in [1.82, 2.24) is 9.88 Å². The van der Waals surface area contributed by atoms with E-state index >= 15 is 0 Å². The second-order valence-corrected chi connectivity index (χ2v) is 11.2. The minimum Gasteiger partial charge on any atom is -0.361 e. The lowest BCUT2D eigenvalue weighted by Crippen LogP contribution is -2.38. The number of sulfonamides is 1. The molecule has 0 aliphatic carbocycles. The first-order valence-corrected chi connectivity index (χ1v) is 13.2. The molecule has 1 amide bonds. The lowest BCUT2D eigenvalue weighted by atomic mass is 9.89. The number of thioether (sulfide) groups is 1. The molecule has 2 aromatic carbocycles. The van der Waals surface area contributed by atoms with Crippen molar-refractivity contribution in [3.8, 4) is 0 Å². The first-order chi connectivity index (χ1) is 15.5. The number of H-pyrrole nitrogens is 1. The number of nitrogens with one attached hydrogen (secondary N) is 1. The van der Waals surface area contributed by atoms with E-state index < -0.39 is 10.0 Å². The van der Waals surface area contributed by atoms with Crippen molar-refractivity contribution >= 4 is 49.5 Å². The summed E-state index contributed by atoms with van der Waals surface area (Å²) in [7, 11) is -3.39. The minimum absolute atomic E-state index is 0.0164. The number of aromatic amines is 1. The van der Waals surface area contributed by atoms with E-state index in [0.29, 0.717) is 23.2 Å². The van der Waals surface area contributed by atoms with Crippen LogP contribution in [0.3, 0.4) is 0 Å². The number of nitrogens with zero attached hydrogens (tertiary/aromatic N) is 3. The van der Waals surface area contributed by atoms with Crippen LogP contribution in [0.2, 0.25) is 0 Å². The Morgan fingerprint density at radius 3 is 2.75 bits per heavy atom. The van der Waals surface area contributed by atoms with Gasteiger partial charge in [-0.3, -0.25) is 4.79 Å². The van der Waals surface area contributed by atoms with Crippen LogP contribution in [0.15, 0.2) is 58.0 Å². The molecule has 0 bridgehead atoms. The van der Waals surface area contributed by atoms with Gasteiger partial charge >= 0.3 is 0 Å². The number of piperidine rings is 1. The van der Waals surface area contributed by atoms with Crippen LogP contribution in [-0.4, -0.2) is 54.8 Å². The summed E-state index contributed by atoms with van der Waals surface area (Å²) in [6.07, 6.45) is 3.99. The third-order valence-corrected chi connectivity index (χ3v) is 8.87. The Morgan fingerprint density at radius 2 is 1.91 bits per heavy atom. The second kappa shape index (κ2) is 7.38. The second-order valence-electron chi connectivity index (χ2n) is 8.45. The number of carbonyl (C=O) groups excluding carboxylic acids is 1.